The van der Waals surface area contributed by atoms with E-state index in [2.05, 4.69) is 0 Å². The molecule has 5 heteroatoms. The molecule has 5 nitrogen and oxygen atoms in total. The van der Waals surface area contributed by atoms with E-state index in [1.54, 1.807) is 0 Å². The minimum absolute atomic E-state index is 0.120. The third-order valence-corrected chi connectivity index (χ3v) is 4.04. The van der Waals surface area contributed by atoms with Crippen LogP contribution in [0.15, 0.2) is 0 Å². The van der Waals surface area contributed by atoms with Gasteiger partial charge in [-0.25, -0.2) is 0 Å². The van der Waals surface area contributed by atoms with Gasteiger partial charge in [-0.1, -0.05) is 44.9 Å². The highest BCUT2D eigenvalue weighted by molar-refractivity contribution is 5.69. The number of hydrogen-bond acceptors (Lipinski definition) is 5. The van der Waals surface area contributed by atoms with Gasteiger partial charge in [-0.05, 0) is 32.6 Å². The number of ether oxygens (including phenoxy) is 1. The van der Waals surface area contributed by atoms with Crippen molar-refractivity contribution in [3.8, 4) is 0 Å². The molecule has 3 N–H and O–H groups in total. The monoisotopic (exact) mass is 332 g/mol. The van der Waals surface area contributed by atoms with Crippen molar-refractivity contribution < 1.29 is 24.9 Å². The lowest BCUT2D eigenvalue weighted by molar-refractivity contribution is -0.143. The van der Waals surface area contributed by atoms with E-state index in [0.717, 1.165) is 57.8 Å². The van der Waals surface area contributed by atoms with Crippen molar-refractivity contribution in [2.45, 2.75) is 96.2 Å². The van der Waals surface area contributed by atoms with Gasteiger partial charge in [-0.3, -0.25) is 4.79 Å². The Morgan fingerprint density at radius 2 is 1.30 bits per heavy atom. The van der Waals surface area contributed by atoms with E-state index in [0.29, 0.717) is 25.9 Å². The summed E-state index contributed by atoms with van der Waals surface area (Å²) >= 11 is 0. The molecule has 0 saturated carbocycles. The SMILES string of the molecule is CCOC(=O)CCCCCCC[C@@H](O)[C@@H](O)CCCCCCO. The quantitative estimate of drug-likeness (QED) is 0.299. The summed E-state index contributed by atoms with van der Waals surface area (Å²) in [5.74, 6) is -0.120. The van der Waals surface area contributed by atoms with E-state index in [1.165, 1.54) is 0 Å². The van der Waals surface area contributed by atoms with Gasteiger partial charge in [-0.2, -0.15) is 0 Å². The van der Waals surface area contributed by atoms with Gasteiger partial charge < -0.3 is 20.1 Å². The lowest BCUT2D eigenvalue weighted by atomic mass is 10.00. The van der Waals surface area contributed by atoms with E-state index < -0.39 is 12.2 Å². The molecule has 0 spiro atoms. The zero-order valence-corrected chi connectivity index (χ0v) is 14.7. The maximum absolute atomic E-state index is 11.1. The third-order valence-electron chi connectivity index (χ3n) is 4.04. The smallest absolute Gasteiger partial charge is 0.305 e. The van der Waals surface area contributed by atoms with E-state index in [9.17, 15) is 15.0 Å². The second-order valence-electron chi connectivity index (χ2n) is 6.17. The van der Waals surface area contributed by atoms with Crippen LogP contribution in [0.25, 0.3) is 0 Å². The van der Waals surface area contributed by atoms with Gasteiger partial charge in [0, 0.05) is 13.0 Å². The van der Waals surface area contributed by atoms with E-state index in [-0.39, 0.29) is 12.6 Å². The van der Waals surface area contributed by atoms with Crippen molar-refractivity contribution in [1.82, 2.24) is 0 Å². The fraction of sp³-hybridized carbons (Fsp3) is 0.944. The number of rotatable bonds is 16. The summed E-state index contributed by atoms with van der Waals surface area (Å²) in [6.07, 6.45) is 9.00. The van der Waals surface area contributed by atoms with Crippen LogP contribution >= 0.6 is 0 Å². The fourth-order valence-electron chi connectivity index (χ4n) is 2.59. The molecule has 0 saturated heterocycles. The first-order chi connectivity index (χ1) is 11.1. The van der Waals surface area contributed by atoms with Crippen LogP contribution in [0.5, 0.6) is 0 Å². The molecule has 2 atom stereocenters. The number of esters is 1. The zero-order valence-electron chi connectivity index (χ0n) is 14.7. The molecule has 0 heterocycles. The molecule has 138 valence electrons. The lowest BCUT2D eigenvalue weighted by Crippen LogP contribution is -2.25. The normalized spacial score (nSPS) is 13.7. The molecule has 0 aliphatic heterocycles. The summed E-state index contributed by atoms with van der Waals surface area (Å²) in [6, 6.07) is 0. The van der Waals surface area contributed by atoms with Gasteiger partial charge >= 0.3 is 5.97 Å². The van der Waals surface area contributed by atoms with Crippen LogP contribution in [-0.2, 0) is 9.53 Å². The van der Waals surface area contributed by atoms with Crippen LogP contribution < -0.4 is 0 Å². The van der Waals surface area contributed by atoms with Gasteiger partial charge in [0.1, 0.15) is 0 Å². The summed E-state index contributed by atoms with van der Waals surface area (Å²) in [6.45, 7) is 2.48. The van der Waals surface area contributed by atoms with Gasteiger partial charge in [0.05, 0.1) is 18.8 Å². The highest BCUT2D eigenvalue weighted by atomic mass is 16.5. The number of aliphatic hydroxyl groups is 3. The lowest BCUT2D eigenvalue weighted by Gasteiger charge is -2.17. The summed E-state index contributed by atoms with van der Waals surface area (Å²) in [5, 5.41) is 28.5. The van der Waals surface area contributed by atoms with Gasteiger partial charge in [0.25, 0.3) is 0 Å². The van der Waals surface area contributed by atoms with Gasteiger partial charge in [0.15, 0.2) is 0 Å². The second-order valence-corrected chi connectivity index (χ2v) is 6.17. The van der Waals surface area contributed by atoms with E-state index in [1.807, 2.05) is 6.92 Å². The van der Waals surface area contributed by atoms with Crippen LogP contribution in [-0.4, -0.2) is 46.7 Å². The van der Waals surface area contributed by atoms with E-state index >= 15 is 0 Å². The van der Waals surface area contributed by atoms with Crippen LogP contribution in [0.2, 0.25) is 0 Å². The molecule has 0 bridgehead atoms. The van der Waals surface area contributed by atoms with Crippen LogP contribution in [0.4, 0.5) is 0 Å². The zero-order chi connectivity index (χ0) is 17.3. The number of hydrogen-bond donors (Lipinski definition) is 3. The number of carbonyl (C=O) groups excluding carboxylic acids is 1. The van der Waals surface area contributed by atoms with Crippen molar-refractivity contribution in [3.63, 3.8) is 0 Å². The first-order valence-corrected chi connectivity index (χ1v) is 9.24. The van der Waals surface area contributed by atoms with Crippen molar-refractivity contribution in [2.75, 3.05) is 13.2 Å². The Labute approximate surface area is 141 Å². The van der Waals surface area contributed by atoms with Crippen molar-refractivity contribution in [2.24, 2.45) is 0 Å². The highest BCUT2D eigenvalue weighted by Crippen LogP contribution is 2.14. The fourth-order valence-corrected chi connectivity index (χ4v) is 2.59. The second kappa shape index (κ2) is 16.2. The van der Waals surface area contributed by atoms with Crippen LogP contribution in [0.1, 0.15) is 84.0 Å². The Balaban J connectivity index is 3.41. The molecule has 0 radical (unpaired) electrons. The minimum atomic E-state index is -0.632. The molecule has 0 rings (SSSR count). The molecule has 0 aliphatic carbocycles. The summed E-state index contributed by atoms with van der Waals surface area (Å²) in [7, 11) is 0. The summed E-state index contributed by atoms with van der Waals surface area (Å²) in [4.78, 5) is 11.1. The molecule has 0 aliphatic rings. The number of carbonyl (C=O) groups is 1. The van der Waals surface area contributed by atoms with E-state index in [4.69, 9.17) is 9.84 Å². The largest absolute Gasteiger partial charge is 0.466 e. The Morgan fingerprint density at radius 3 is 1.83 bits per heavy atom. The van der Waals surface area contributed by atoms with Gasteiger partial charge in [0.2, 0.25) is 0 Å². The highest BCUT2D eigenvalue weighted by Gasteiger charge is 2.15. The Morgan fingerprint density at radius 1 is 0.826 bits per heavy atom. The van der Waals surface area contributed by atoms with Crippen molar-refractivity contribution in [3.05, 3.63) is 0 Å². The molecule has 0 aromatic heterocycles. The van der Waals surface area contributed by atoms with Crippen molar-refractivity contribution >= 4 is 5.97 Å². The third kappa shape index (κ3) is 14.7. The predicted octanol–water partition coefficient (Wildman–Crippen LogP) is 2.94. The summed E-state index contributed by atoms with van der Waals surface area (Å²) < 4.78 is 4.87. The van der Waals surface area contributed by atoms with Crippen LogP contribution in [0.3, 0.4) is 0 Å². The topological polar surface area (TPSA) is 87.0 Å². The predicted molar refractivity (Wildman–Crippen MR) is 91.1 cm³/mol. The molecule has 0 fully saturated rings. The standard InChI is InChI=1S/C18H36O5/c1-2-23-18(22)14-10-5-3-4-8-12-16(20)17(21)13-9-6-7-11-15-19/h16-17,19-21H,2-15H2,1H3/t16-,17+/m1/s1. The maximum atomic E-state index is 11.1. The Bertz CT molecular complexity index is 270. The number of aliphatic hydroxyl groups excluding tert-OH is 3. The van der Waals surface area contributed by atoms with Crippen LogP contribution in [0, 0.1) is 0 Å². The minimum Gasteiger partial charge on any atom is -0.466 e. The Kier molecular flexibility index (Phi) is 15.8. The first-order valence-electron chi connectivity index (χ1n) is 9.24. The van der Waals surface area contributed by atoms with Gasteiger partial charge in [-0.15, -0.1) is 0 Å². The first kappa shape index (κ1) is 22.4. The molecule has 0 unspecified atom stereocenters. The Hall–Kier alpha value is -0.650. The summed E-state index contributed by atoms with van der Waals surface area (Å²) in [5.41, 5.74) is 0. The molecule has 0 amide bonds. The molecular weight excluding hydrogens is 296 g/mol. The molecule has 0 aromatic rings. The van der Waals surface area contributed by atoms with Crippen molar-refractivity contribution in [1.29, 1.82) is 0 Å². The molecular formula is C18H36O5. The average Bonchev–Trinajstić information content (AvgIpc) is 2.53. The maximum Gasteiger partial charge on any atom is 0.305 e. The molecule has 0 aromatic carbocycles. The number of unbranched alkanes of at least 4 members (excludes halogenated alkanes) is 7. The molecule has 23 heavy (non-hydrogen) atoms. The average molecular weight is 332 g/mol.